The summed E-state index contributed by atoms with van der Waals surface area (Å²) in [6.07, 6.45) is 5.18. The molecule has 2 nitrogen and oxygen atoms in total. The van der Waals surface area contributed by atoms with Crippen molar-refractivity contribution in [3.63, 3.8) is 0 Å². The first kappa shape index (κ1) is 10.5. The van der Waals surface area contributed by atoms with Gasteiger partial charge in [0.05, 0.1) is 0 Å². The predicted octanol–water partition coefficient (Wildman–Crippen LogP) is 2.30. The van der Waals surface area contributed by atoms with Crippen molar-refractivity contribution >= 4 is 5.69 Å². The van der Waals surface area contributed by atoms with Crippen LogP contribution in [-0.2, 0) is 6.42 Å². The number of anilines is 1. The lowest BCUT2D eigenvalue weighted by Crippen LogP contribution is -2.20. The number of hydrogen-bond donors (Lipinski definition) is 1. The maximum absolute atomic E-state index is 5.74. The second-order valence-corrected chi connectivity index (χ2v) is 4.40. The van der Waals surface area contributed by atoms with Crippen LogP contribution in [0.2, 0.25) is 0 Å². The third-order valence-corrected chi connectivity index (χ3v) is 3.09. The summed E-state index contributed by atoms with van der Waals surface area (Å²) < 4.78 is 0. The third-order valence-electron chi connectivity index (χ3n) is 3.09. The number of nitrogens with two attached hydrogens (primary N) is 1. The summed E-state index contributed by atoms with van der Waals surface area (Å²) in [5.41, 5.74) is 7.99. The van der Waals surface area contributed by atoms with E-state index in [0.29, 0.717) is 0 Å². The molecule has 0 aliphatic carbocycles. The minimum atomic E-state index is 0.883. The van der Waals surface area contributed by atoms with Gasteiger partial charge >= 0.3 is 0 Å². The zero-order valence-corrected chi connectivity index (χ0v) is 9.28. The maximum Gasteiger partial charge on any atom is 0.0316 e. The molecule has 1 aliphatic heterocycles. The quantitative estimate of drug-likeness (QED) is 0.762. The van der Waals surface area contributed by atoms with Crippen LogP contribution < -0.4 is 5.73 Å². The molecule has 0 unspecified atom stereocenters. The van der Waals surface area contributed by atoms with Crippen LogP contribution in [0.5, 0.6) is 0 Å². The summed E-state index contributed by atoms with van der Waals surface area (Å²) in [7, 11) is 0. The topological polar surface area (TPSA) is 29.3 Å². The molecule has 1 aromatic rings. The van der Waals surface area contributed by atoms with E-state index in [1.807, 2.05) is 12.1 Å². The van der Waals surface area contributed by atoms with Crippen LogP contribution in [0.3, 0.4) is 0 Å². The number of nitrogens with zero attached hydrogens (tertiary/aromatic N) is 1. The minimum absolute atomic E-state index is 0.883. The smallest absolute Gasteiger partial charge is 0.0316 e. The molecule has 2 rings (SSSR count). The Balaban J connectivity index is 1.73. The van der Waals surface area contributed by atoms with Crippen molar-refractivity contribution in [1.29, 1.82) is 0 Å². The van der Waals surface area contributed by atoms with Gasteiger partial charge in [-0.2, -0.15) is 0 Å². The maximum atomic E-state index is 5.74. The van der Waals surface area contributed by atoms with E-state index in [0.717, 1.165) is 12.1 Å². The second kappa shape index (κ2) is 5.17. The van der Waals surface area contributed by atoms with E-state index in [4.69, 9.17) is 5.73 Å². The fourth-order valence-electron chi connectivity index (χ4n) is 2.26. The van der Waals surface area contributed by atoms with Crippen LogP contribution in [0.15, 0.2) is 24.3 Å². The molecule has 0 atom stereocenters. The normalized spacial score (nSPS) is 17.1. The number of nitrogen functional groups attached to an aromatic ring is 1. The highest BCUT2D eigenvalue weighted by Crippen LogP contribution is 2.11. The molecular weight excluding hydrogens is 184 g/mol. The van der Waals surface area contributed by atoms with E-state index < -0.39 is 0 Å². The predicted molar refractivity (Wildman–Crippen MR) is 64.8 cm³/mol. The van der Waals surface area contributed by atoms with Crippen LogP contribution in [0.1, 0.15) is 24.8 Å². The lowest BCUT2D eigenvalue weighted by atomic mass is 10.1. The Labute approximate surface area is 92.1 Å². The summed E-state index contributed by atoms with van der Waals surface area (Å²) in [6.45, 7) is 3.85. The van der Waals surface area contributed by atoms with E-state index in [2.05, 4.69) is 17.0 Å². The first-order chi connectivity index (χ1) is 7.34. The van der Waals surface area contributed by atoms with Crippen molar-refractivity contribution in [2.24, 2.45) is 0 Å². The third kappa shape index (κ3) is 3.24. The van der Waals surface area contributed by atoms with Gasteiger partial charge < -0.3 is 10.6 Å². The van der Waals surface area contributed by atoms with Crippen LogP contribution in [-0.4, -0.2) is 24.5 Å². The van der Waals surface area contributed by atoms with Crippen molar-refractivity contribution in [3.8, 4) is 0 Å². The number of rotatable bonds is 4. The van der Waals surface area contributed by atoms with Crippen molar-refractivity contribution in [2.75, 3.05) is 25.4 Å². The molecule has 1 fully saturated rings. The average molecular weight is 204 g/mol. The van der Waals surface area contributed by atoms with E-state index in [1.165, 1.54) is 44.5 Å². The molecule has 1 aromatic carbocycles. The molecule has 2 N–H and O–H groups in total. The van der Waals surface area contributed by atoms with Gasteiger partial charge in [0.25, 0.3) is 0 Å². The Morgan fingerprint density at radius 3 is 2.73 bits per heavy atom. The van der Waals surface area contributed by atoms with Crippen molar-refractivity contribution in [2.45, 2.75) is 25.7 Å². The Morgan fingerprint density at radius 1 is 1.20 bits per heavy atom. The molecule has 0 amide bonds. The lowest BCUT2D eigenvalue weighted by Gasteiger charge is -2.13. The molecule has 1 saturated heterocycles. The van der Waals surface area contributed by atoms with Crippen LogP contribution in [0.25, 0.3) is 0 Å². The Bertz CT molecular complexity index is 303. The molecule has 2 heteroatoms. The zero-order chi connectivity index (χ0) is 10.5. The molecule has 0 aromatic heterocycles. The fraction of sp³-hybridized carbons (Fsp3) is 0.538. The average Bonchev–Trinajstić information content (AvgIpc) is 2.71. The molecule has 0 saturated carbocycles. The van der Waals surface area contributed by atoms with Crippen LogP contribution in [0, 0.1) is 0 Å². The Morgan fingerprint density at radius 2 is 2.00 bits per heavy atom. The summed E-state index contributed by atoms with van der Waals surface area (Å²) >= 11 is 0. The van der Waals surface area contributed by atoms with Gasteiger partial charge in [0.1, 0.15) is 0 Å². The largest absolute Gasteiger partial charge is 0.399 e. The summed E-state index contributed by atoms with van der Waals surface area (Å²) in [5.74, 6) is 0. The first-order valence-corrected chi connectivity index (χ1v) is 5.91. The van der Waals surface area contributed by atoms with Crippen molar-refractivity contribution in [1.82, 2.24) is 4.90 Å². The molecule has 15 heavy (non-hydrogen) atoms. The number of aryl methyl sites for hydroxylation is 1. The van der Waals surface area contributed by atoms with Gasteiger partial charge in [-0.15, -0.1) is 0 Å². The first-order valence-electron chi connectivity index (χ1n) is 5.91. The Kier molecular flexibility index (Phi) is 3.62. The van der Waals surface area contributed by atoms with Crippen LogP contribution >= 0.6 is 0 Å². The Hall–Kier alpha value is -1.02. The van der Waals surface area contributed by atoms with Crippen molar-refractivity contribution in [3.05, 3.63) is 29.8 Å². The van der Waals surface area contributed by atoms with Gasteiger partial charge in [-0.25, -0.2) is 0 Å². The van der Waals surface area contributed by atoms with Gasteiger partial charge in [-0.05, 0) is 63.0 Å². The molecule has 0 spiro atoms. The minimum Gasteiger partial charge on any atom is -0.399 e. The number of benzene rings is 1. The number of hydrogen-bond acceptors (Lipinski definition) is 2. The van der Waals surface area contributed by atoms with Gasteiger partial charge in [0.2, 0.25) is 0 Å². The fourth-order valence-corrected chi connectivity index (χ4v) is 2.26. The zero-order valence-electron chi connectivity index (χ0n) is 9.28. The van der Waals surface area contributed by atoms with E-state index in [9.17, 15) is 0 Å². The molecule has 0 bridgehead atoms. The summed E-state index contributed by atoms with van der Waals surface area (Å²) in [5, 5.41) is 0. The molecular formula is C13H20N2. The standard InChI is InChI=1S/C13H20N2/c14-13-7-3-5-12(11-13)6-4-10-15-8-1-2-9-15/h3,5,7,11H,1-2,4,6,8-10,14H2. The van der Waals surface area contributed by atoms with E-state index in [1.54, 1.807) is 0 Å². The molecule has 0 radical (unpaired) electrons. The SMILES string of the molecule is Nc1cccc(CCCN2CCCC2)c1. The highest BCUT2D eigenvalue weighted by Gasteiger charge is 2.10. The van der Waals surface area contributed by atoms with E-state index >= 15 is 0 Å². The van der Waals surface area contributed by atoms with Crippen LogP contribution in [0.4, 0.5) is 5.69 Å². The highest BCUT2D eigenvalue weighted by molar-refractivity contribution is 5.40. The molecule has 82 valence electrons. The number of likely N-dealkylation sites (tertiary alicyclic amines) is 1. The van der Waals surface area contributed by atoms with Gasteiger partial charge in [-0.3, -0.25) is 0 Å². The second-order valence-electron chi connectivity index (χ2n) is 4.40. The van der Waals surface area contributed by atoms with Gasteiger partial charge in [-0.1, -0.05) is 12.1 Å². The summed E-state index contributed by atoms with van der Waals surface area (Å²) in [6, 6.07) is 8.24. The lowest BCUT2D eigenvalue weighted by molar-refractivity contribution is 0.334. The molecule has 1 aliphatic rings. The highest BCUT2D eigenvalue weighted by atomic mass is 15.1. The molecule has 1 heterocycles. The monoisotopic (exact) mass is 204 g/mol. The van der Waals surface area contributed by atoms with Gasteiger partial charge in [0.15, 0.2) is 0 Å². The van der Waals surface area contributed by atoms with E-state index in [-0.39, 0.29) is 0 Å². The van der Waals surface area contributed by atoms with Crippen molar-refractivity contribution < 1.29 is 0 Å². The van der Waals surface area contributed by atoms with Gasteiger partial charge in [0, 0.05) is 5.69 Å². The summed E-state index contributed by atoms with van der Waals surface area (Å²) in [4.78, 5) is 2.56.